The molecule has 0 radical (unpaired) electrons. The first-order valence-corrected chi connectivity index (χ1v) is 2.60. The number of ether oxygens (including phenoxy) is 1. The van der Waals surface area contributed by atoms with Gasteiger partial charge in [0, 0.05) is 12.8 Å². The van der Waals surface area contributed by atoms with Crippen molar-refractivity contribution in [1.29, 1.82) is 0 Å². The standard InChI is InChI=1S/C5H6O4.Na/c6-4-2-1-3(9-4)5(7)8;/h3H,1-2H2,(H,7,8);/q;+1/p-1. The summed E-state index contributed by atoms with van der Waals surface area (Å²) in [5, 5.41) is 9.96. The van der Waals surface area contributed by atoms with Crippen LogP contribution in [0.15, 0.2) is 0 Å². The van der Waals surface area contributed by atoms with Gasteiger partial charge in [0.05, 0.1) is 5.97 Å². The van der Waals surface area contributed by atoms with Gasteiger partial charge in [-0.25, -0.2) is 0 Å². The van der Waals surface area contributed by atoms with Gasteiger partial charge in [0.15, 0.2) is 0 Å². The van der Waals surface area contributed by atoms with Crippen molar-refractivity contribution in [3.8, 4) is 0 Å². The van der Waals surface area contributed by atoms with Crippen molar-refractivity contribution < 1.29 is 49.0 Å². The van der Waals surface area contributed by atoms with Crippen LogP contribution in [0.1, 0.15) is 12.8 Å². The van der Waals surface area contributed by atoms with Crippen LogP contribution in [0.3, 0.4) is 0 Å². The van der Waals surface area contributed by atoms with Crippen molar-refractivity contribution >= 4 is 11.9 Å². The molecule has 1 aliphatic heterocycles. The molecule has 0 aromatic carbocycles. The fraction of sp³-hybridized carbons (Fsp3) is 0.600. The molecule has 0 amide bonds. The second kappa shape index (κ2) is 3.95. The van der Waals surface area contributed by atoms with Gasteiger partial charge >= 0.3 is 35.5 Å². The van der Waals surface area contributed by atoms with E-state index in [4.69, 9.17) is 0 Å². The van der Waals surface area contributed by atoms with Gasteiger partial charge in [0.25, 0.3) is 0 Å². The number of hydrogen-bond donors (Lipinski definition) is 0. The molecule has 0 saturated carbocycles. The summed E-state index contributed by atoms with van der Waals surface area (Å²) in [7, 11) is 0. The van der Waals surface area contributed by atoms with Gasteiger partial charge in [-0.15, -0.1) is 0 Å². The Labute approximate surface area is 79.8 Å². The topological polar surface area (TPSA) is 66.4 Å². The number of carboxylic acids is 1. The molecule has 0 aromatic heterocycles. The second-order valence-electron chi connectivity index (χ2n) is 1.84. The van der Waals surface area contributed by atoms with Crippen LogP contribution in [-0.2, 0) is 14.3 Å². The first-order chi connectivity index (χ1) is 4.20. The normalized spacial score (nSPS) is 23.2. The van der Waals surface area contributed by atoms with Crippen molar-refractivity contribution in [2.24, 2.45) is 0 Å². The van der Waals surface area contributed by atoms with Gasteiger partial charge in [-0.2, -0.15) is 0 Å². The molecule has 1 atom stereocenters. The summed E-state index contributed by atoms with van der Waals surface area (Å²) < 4.78 is 4.32. The molecule has 0 bridgehead atoms. The van der Waals surface area contributed by atoms with Gasteiger partial charge < -0.3 is 14.6 Å². The van der Waals surface area contributed by atoms with Crippen LogP contribution in [0.5, 0.6) is 0 Å². The minimum absolute atomic E-state index is 0. The number of carboxylic acid groups (broad SMARTS) is 1. The maximum absolute atomic E-state index is 10.2. The fourth-order valence-electron chi connectivity index (χ4n) is 0.691. The Bertz CT molecular complexity index is 156. The molecule has 1 heterocycles. The zero-order valence-corrected chi connectivity index (χ0v) is 7.62. The van der Waals surface area contributed by atoms with E-state index in [1.807, 2.05) is 0 Å². The average molecular weight is 152 g/mol. The van der Waals surface area contributed by atoms with Crippen molar-refractivity contribution in [1.82, 2.24) is 0 Å². The average Bonchev–Trinajstić information content (AvgIpc) is 2.14. The van der Waals surface area contributed by atoms with E-state index in [1.54, 1.807) is 0 Å². The molecular weight excluding hydrogens is 147 g/mol. The van der Waals surface area contributed by atoms with Crippen LogP contribution < -0.4 is 34.7 Å². The number of carbonyl (C=O) groups is 2. The first kappa shape index (κ1) is 9.94. The Hall–Kier alpha value is -0.0600. The predicted octanol–water partition coefficient (Wildman–Crippen LogP) is -4.55. The van der Waals surface area contributed by atoms with Crippen LogP contribution in [0.4, 0.5) is 0 Å². The van der Waals surface area contributed by atoms with Crippen molar-refractivity contribution in [3.05, 3.63) is 0 Å². The Morgan fingerprint density at radius 1 is 1.70 bits per heavy atom. The van der Waals surface area contributed by atoms with E-state index in [-0.39, 0.29) is 42.4 Å². The summed E-state index contributed by atoms with van der Waals surface area (Å²) in [6, 6.07) is 0. The molecule has 1 fully saturated rings. The van der Waals surface area contributed by atoms with Crippen molar-refractivity contribution in [2.75, 3.05) is 0 Å². The van der Waals surface area contributed by atoms with E-state index in [0.29, 0.717) is 0 Å². The first-order valence-electron chi connectivity index (χ1n) is 2.60. The zero-order chi connectivity index (χ0) is 6.85. The summed E-state index contributed by atoms with van der Waals surface area (Å²) in [5.74, 6) is -1.76. The van der Waals surface area contributed by atoms with E-state index in [1.165, 1.54) is 0 Å². The number of esters is 1. The van der Waals surface area contributed by atoms with E-state index in [2.05, 4.69) is 4.74 Å². The molecule has 1 aliphatic rings. The van der Waals surface area contributed by atoms with Gasteiger partial charge in [-0.1, -0.05) is 0 Å². The quantitative estimate of drug-likeness (QED) is 0.280. The Morgan fingerprint density at radius 3 is 2.50 bits per heavy atom. The molecule has 10 heavy (non-hydrogen) atoms. The van der Waals surface area contributed by atoms with Crippen LogP contribution in [-0.4, -0.2) is 18.0 Å². The molecule has 1 rings (SSSR count). The molecule has 0 N–H and O–H groups in total. The maximum Gasteiger partial charge on any atom is 1.00 e. The minimum atomic E-state index is -1.30. The van der Waals surface area contributed by atoms with Gasteiger partial charge in [0.2, 0.25) is 0 Å². The number of hydrogen-bond acceptors (Lipinski definition) is 4. The Morgan fingerprint density at radius 2 is 2.30 bits per heavy atom. The third-order valence-corrected chi connectivity index (χ3v) is 1.15. The molecule has 0 spiro atoms. The number of cyclic esters (lactones) is 1. The maximum atomic E-state index is 10.2. The van der Waals surface area contributed by atoms with Crippen LogP contribution in [0, 0.1) is 0 Å². The summed E-state index contributed by atoms with van der Waals surface area (Å²) >= 11 is 0. The predicted molar refractivity (Wildman–Crippen MR) is 24.1 cm³/mol. The summed E-state index contributed by atoms with van der Waals surface area (Å²) in [5.41, 5.74) is 0. The third-order valence-electron chi connectivity index (χ3n) is 1.15. The third kappa shape index (κ3) is 2.28. The molecular formula is C5H5NaO4. The van der Waals surface area contributed by atoms with Gasteiger partial charge in [0.1, 0.15) is 6.10 Å². The molecule has 5 heteroatoms. The van der Waals surface area contributed by atoms with Crippen LogP contribution in [0.25, 0.3) is 0 Å². The van der Waals surface area contributed by atoms with E-state index in [0.717, 1.165) is 0 Å². The molecule has 4 nitrogen and oxygen atoms in total. The molecule has 1 saturated heterocycles. The van der Waals surface area contributed by atoms with Crippen LogP contribution >= 0.6 is 0 Å². The molecule has 0 aliphatic carbocycles. The summed E-state index contributed by atoms with van der Waals surface area (Å²) in [6.45, 7) is 0. The van der Waals surface area contributed by atoms with Gasteiger partial charge in [-0.05, 0) is 0 Å². The molecule has 50 valence electrons. The monoisotopic (exact) mass is 152 g/mol. The number of aliphatic carboxylic acids is 1. The van der Waals surface area contributed by atoms with Crippen LogP contribution in [0.2, 0.25) is 0 Å². The van der Waals surface area contributed by atoms with E-state index < -0.39 is 18.0 Å². The van der Waals surface area contributed by atoms with Crippen molar-refractivity contribution in [2.45, 2.75) is 18.9 Å². The minimum Gasteiger partial charge on any atom is -0.546 e. The molecule has 1 unspecified atom stereocenters. The van der Waals surface area contributed by atoms with Crippen molar-refractivity contribution in [3.63, 3.8) is 0 Å². The number of carbonyl (C=O) groups excluding carboxylic acids is 2. The Balaban J connectivity index is 0.000000810. The smallest absolute Gasteiger partial charge is 0.546 e. The number of rotatable bonds is 1. The Kier molecular flexibility index (Phi) is 3.93. The fourth-order valence-corrected chi connectivity index (χ4v) is 0.691. The SMILES string of the molecule is O=C1CCC(C(=O)[O-])O1.[Na+]. The largest absolute Gasteiger partial charge is 1.00 e. The van der Waals surface area contributed by atoms with Gasteiger partial charge in [-0.3, -0.25) is 4.79 Å². The summed E-state index contributed by atoms with van der Waals surface area (Å²) in [6.07, 6.45) is -0.558. The molecule has 0 aromatic rings. The second-order valence-corrected chi connectivity index (χ2v) is 1.84. The van der Waals surface area contributed by atoms with E-state index in [9.17, 15) is 14.7 Å². The van der Waals surface area contributed by atoms with E-state index >= 15 is 0 Å². The summed E-state index contributed by atoms with van der Waals surface area (Å²) in [4.78, 5) is 20.2. The zero-order valence-electron chi connectivity index (χ0n) is 5.62.